The van der Waals surface area contributed by atoms with Gasteiger partial charge in [0.25, 0.3) is 0 Å². The second-order valence-electron chi connectivity index (χ2n) is 5.65. The highest BCUT2D eigenvalue weighted by Crippen LogP contribution is 2.23. The van der Waals surface area contributed by atoms with Gasteiger partial charge in [0.15, 0.2) is 0 Å². The first-order chi connectivity index (χ1) is 10.6. The summed E-state index contributed by atoms with van der Waals surface area (Å²) in [5.41, 5.74) is 10.5. The molecule has 22 heavy (non-hydrogen) atoms. The smallest absolute Gasteiger partial charge is 0.242 e. The van der Waals surface area contributed by atoms with Crippen LogP contribution in [0, 0.1) is 13.8 Å². The van der Waals surface area contributed by atoms with Gasteiger partial charge in [-0.15, -0.1) is 0 Å². The van der Waals surface area contributed by atoms with Crippen molar-refractivity contribution >= 4 is 11.6 Å². The summed E-state index contributed by atoms with van der Waals surface area (Å²) in [5.74, 6) is -0.0160. The maximum atomic E-state index is 12.4. The van der Waals surface area contributed by atoms with Crippen molar-refractivity contribution in [2.45, 2.75) is 32.4 Å². The normalized spacial score (nSPS) is 20.8. The summed E-state index contributed by atoms with van der Waals surface area (Å²) in [5, 5.41) is 3.01. The zero-order valence-corrected chi connectivity index (χ0v) is 12.8. The van der Waals surface area contributed by atoms with Crippen LogP contribution in [0.4, 0.5) is 5.69 Å². The van der Waals surface area contributed by atoms with Crippen LogP contribution in [0.3, 0.4) is 0 Å². The minimum absolute atomic E-state index is 0.0160. The third-order valence-electron chi connectivity index (χ3n) is 4.19. The number of aryl methyl sites for hydroxylation is 1. The van der Waals surface area contributed by atoms with Gasteiger partial charge in [-0.25, -0.2) is 10.9 Å². The second-order valence-corrected chi connectivity index (χ2v) is 5.65. The highest BCUT2D eigenvalue weighted by atomic mass is 16.2. The van der Waals surface area contributed by atoms with Crippen LogP contribution in [0.2, 0.25) is 0 Å². The Morgan fingerprint density at radius 1 is 1.18 bits per heavy atom. The lowest BCUT2D eigenvalue weighted by Gasteiger charge is -2.13. The molecule has 0 bridgehead atoms. The fraction of sp³-hybridized carbons (Fsp3) is 0.294. The third-order valence-corrected chi connectivity index (χ3v) is 4.19. The van der Waals surface area contributed by atoms with Crippen LogP contribution in [0.1, 0.15) is 29.2 Å². The Balaban J connectivity index is 1.66. The molecular weight excluding hydrogens is 276 g/mol. The van der Waals surface area contributed by atoms with Gasteiger partial charge in [-0.1, -0.05) is 12.1 Å². The minimum Gasteiger partial charge on any atom is -0.324 e. The topological polar surface area (TPSA) is 66.0 Å². The van der Waals surface area contributed by atoms with Gasteiger partial charge in [-0.3, -0.25) is 9.78 Å². The van der Waals surface area contributed by atoms with E-state index in [1.54, 1.807) is 12.4 Å². The van der Waals surface area contributed by atoms with E-state index in [-0.39, 0.29) is 18.0 Å². The highest BCUT2D eigenvalue weighted by Gasteiger charge is 2.30. The average molecular weight is 296 g/mol. The number of benzene rings is 1. The molecule has 5 nitrogen and oxygen atoms in total. The van der Waals surface area contributed by atoms with Crippen molar-refractivity contribution in [3.63, 3.8) is 0 Å². The summed E-state index contributed by atoms with van der Waals surface area (Å²) in [6.07, 6.45) is 4.24. The molecule has 0 saturated carbocycles. The van der Waals surface area contributed by atoms with Crippen molar-refractivity contribution in [1.82, 2.24) is 15.8 Å². The Kier molecular flexibility index (Phi) is 4.18. The number of pyridine rings is 1. The lowest BCUT2D eigenvalue weighted by molar-refractivity contribution is -0.117. The first-order valence-corrected chi connectivity index (χ1v) is 7.43. The lowest BCUT2D eigenvalue weighted by atomic mass is 10.0. The fourth-order valence-electron chi connectivity index (χ4n) is 2.65. The van der Waals surface area contributed by atoms with Gasteiger partial charge in [0, 0.05) is 24.1 Å². The molecule has 2 atom stereocenters. The number of rotatable bonds is 3. The molecule has 2 heterocycles. The summed E-state index contributed by atoms with van der Waals surface area (Å²) in [6.45, 7) is 4.06. The number of hydrazine groups is 1. The van der Waals surface area contributed by atoms with Crippen molar-refractivity contribution in [2.75, 3.05) is 5.32 Å². The van der Waals surface area contributed by atoms with E-state index in [2.05, 4.69) is 21.2 Å². The third kappa shape index (κ3) is 3.00. The number of carbonyl (C=O) groups excluding carboxylic acids is 1. The summed E-state index contributed by atoms with van der Waals surface area (Å²) >= 11 is 0. The van der Waals surface area contributed by atoms with Crippen molar-refractivity contribution in [3.8, 4) is 0 Å². The highest BCUT2D eigenvalue weighted by molar-refractivity contribution is 5.95. The Morgan fingerprint density at radius 2 is 1.95 bits per heavy atom. The van der Waals surface area contributed by atoms with Gasteiger partial charge in [0.05, 0.1) is 0 Å². The van der Waals surface area contributed by atoms with Crippen LogP contribution in [0.15, 0.2) is 42.7 Å². The quantitative estimate of drug-likeness (QED) is 0.813. The van der Waals surface area contributed by atoms with Crippen LogP contribution in [0.5, 0.6) is 0 Å². The van der Waals surface area contributed by atoms with E-state index in [0.717, 1.165) is 16.8 Å². The molecule has 3 rings (SSSR count). The maximum absolute atomic E-state index is 12.4. The lowest BCUT2D eigenvalue weighted by Crippen LogP contribution is -2.39. The summed E-state index contributed by atoms with van der Waals surface area (Å²) in [4.78, 5) is 16.4. The van der Waals surface area contributed by atoms with E-state index in [9.17, 15) is 4.79 Å². The molecule has 5 heteroatoms. The van der Waals surface area contributed by atoms with Crippen LogP contribution in [0.25, 0.3) is 0 Å². The van der Waals surface area contributed by atoms with Crippen LogP contribution in [-0.4, -0.2) is 16.9 Å². The predicted octanol–water partition coefficient (Wildman–Crippen LogP) is 2.24. The average Bonchev–Trinajstić information content (AvgIpc) is 3.03. The SMILES string of the molecule is Cc1cccc(NC(=O)C2CC(c3ccncc3)NN2)c1C. The summed E-state index contributed by atoms with van der Waals surface area (Å²) in [6, 6.07) is 9.73. The molecule has 0 spiro atoms. The Labute approximate surface area is 130 Å². The van der Waals surface area contributed by atoms with E-state index < -0.39 is 0 Å². The monoisotopic (exact) mass is 296 g/mol. The van der Waals surface area contributed by atoms with E-state index in [0.29, 0.717) is 6.42 Å². The molecular formula is C17H20N4O. The zero-order chi connectivity index (χ0) is 15.5. The van der Waals surface area contributed by atoms with Gasteiger partial charge >= 0.3 is 0 Å². The molecule has 2 unspecified atom stereocenters. The number of nitrogens with zero attached hydrogens (tertiary/aromatic N) is 1. The fourth-order valence-corrected chi connectivity index (χ4v) is 2.65. The maximum Gasteiger partial charge on any atom is 0.242 e. The van der Waals surface area contributed by atoms with E-state index >= 15 is 0 Å². The number of carbonyl (C=O) groups is 1. The number of anilines is 1. The standard InChI is InChI=1S/C17H20N4O/c1-11-4-3-5-14(12(11)2)19-17(22)16-10-15(20-21-16)13-6-8-18-9-7-13/h3-9,15-16,20-21H,10H2,1-2H3,(H,19,22). The van der Waals surface area contributed by atoms with E-state index in [1.165, 1.54) is 5.56 Å². The molecule has 1 saturated heterocycles. The van der Waals surface area contributed by atoms with Crippen molar-refractivity contribution < 1.29 is 4.79 Å². The molecule has 0 aliphatic carbocycles. The first-order valence-electron chi connectivity index (χ1n) is 7.43. The van der Waals surface area contributed by atoms with Gasteiger partial charge < -0.3 is 5.32 Å². The zero-order valence-electron chi connectivity index (χ0n) is 12.8. The molecule has 1 aliphatic rings. The number of hydrogen-bond donors (Lipinski definition) is 3. The van der Waals surface area contributed by atoms with Crippen molar-refractivity contribution in [3.05, 3.63) is 59.4 Å². The Hall–Kier alpha value is -2.24. The summed E-state index contributed by atoms with van der Waals surface area (Å²) in [7, 11) is 0. The predicted molar refractivity (Wildman–Crippen MR) is 86.2 cm³/mol. The molecule has 1 fully saturated rings. The van der Waals surface area contributed by atoms with E-state index in [4.69, 9.17) is 0 Å². The van der Waals surface area contributed by atoms with Gasteiger partial charge in [0.1, 0.15) is 6.04 Å². The number of amides is 1. The number of nitrogens with one attached hydrogen (secondary N) is 3. The first kappa shape index (κ1) is 14.7. The molecule has 1 aromatic heterocycles. The van der Waals surface area contributed by atoms with Gasteiger partial charge in [-0.05, 0) is 55.2 Å². The van der Waals surface area contributed by atoms with Crippen LogP contribution < -0.4 is 16.2 Å². The largest absolute Gasteiger partial charge is 0.324 e. The molecule has 3 N–H and O–H groups in total. The van der Waals surface area contributed by atoms with Crippen LogP contribution in [-0.2, 0) is 4.79 Å². The van der Waals surface area contributed by atoms with Gasteiger partial charge in [-0.2, -0.15) is 0 Å². The van der Waals surface area contributed by atoms with Crippen LogP contribution >= 0.6 is 0 Å². The molecule has 1 aliphatic heterocycles. The molecule has 2 aromatic rings. The Morgan fingerprint density at radius 3 is 2.73 bits per heavy atom. The molecule has 0 radical (unpaired) electrons. The second kappa shape index (κ2) is 6.25. The van der Waals surface area contributed by atoms with Crippen molar-refractivity contribution in [2.24, 2.45) is 0 Å². The number of hydrogen-bond acceptors (Lipinski definition) is 4. The van der Waals surface area contributed by atoms with Crippen molar-refractivity contribution in [1.29, 1.82) is 0 Å². The van der Waals surface area contributed by atoms with Gasteiger partial charge in [0.2, 0.25) is 5.91 Å². The van der Waals surface area contributed by atoms with E-state index in [1.807, 2.05) is 44.2 Å². The minimum atomic E-state index is -0.252. The number of aromatic nitrogens is 1. The molecule has 1 aromatic carbocycles. The Bertz CT molecular complexity index is 672. The summed E-state index contributed by atoms with van der Waals surface area (Å²) < 4.78 is 0. The molecule has 114 valence electrons. The molecule has 1 amide bonds.